The summed E-state index contributed by atoms with van der Waals surface area (Å²) in [4.78, 5) is 16.6. The van der Waals surface area contributed by atoms with Crippen molar-refractivity contribution in [3.63, 3.8) is 0 Å². The van der Waals surface area contributed by atoms with Gasteiger partial charge in [-0.15, -0.1) is 0 Å². The molecular weight excluding hydrogens is 366 g/mol. The third kappa shape index (κ3) is 5.97. The number of hydrogen-bond donors (Lipinski definition) is 2. The first kappa shape index (κ1) is 20.2. The Labute approximate surface area is 170 Å². The number of methoxy groups -OCH3 is 2. The van der Waals surface area contributed by atoms with Crippen molar-refractivity contribution in [2.75, 3.05) is 26.1 Å². The molecule has 0 saturated heterocycles. The Hall–Kier alpha value is -3.54. The molecular formula is C23H25N3O3. The predicted octanol–water partition coefficient (Wildman–Crippen LogP) is 3.68. The molecule has 0 unspecified atom stereocenters. The first-order valence-corrected chi connectivity index (χ1v) is 9.42. The van der Waals surface area contributed by atoms with Crippen LogP contribution in [0.1, 0.15) is 21.6 Å². The number of nitrogens with zero attached hydrogens (tertiary/aromatic N) is 1. The van der Waals surface area contributed by atoms with Crippen LogP contribution in [0.4, 0.5) is 5.69 Å². The molecule has 1 heterocycles. The van der Waals surface area contributed by atoms with Gasteiger partial charge in [0.1, 0.15) is 17.2 Å². The van der Waals surface area contributed by atoms with Crippen LogP contribution in [0.3, 0.4) is 0 Å². The minimum Gasteiger partial charge on any atom is -0.497 e. The Morgan fingerprint density at radius 3 is 2.48 bits per heavy atom. The lowest BCUT2D eigenvalue weighted by molar-refractivity contribution is 0.0949. The molecule has 3 aromatic rings. The van der Waals surface area contributed by atoms with Crippen molar-refractivity contribution in [2.24, 2.45) is 0 Å². The van der Waals surface area contributed by atoms with Crippen molar-refractivity contribution in [3.05, 3.63) is 83.7 Å². The fraction of sp³-hybridized carbons (Fsp3) is 0.217. The monoisotopic (exact) mass is 391 g/mol. The smallest absolute Gasteiger partial charge is 0.269 e. The highest BCUT2D eigenvalue weighted by Gasteiger charge is 2.08. The van der Waals surface area contributed by atoms with Crippen molar-refractivity contribution in [3.8, 4) is 11.5 Å². The van der Waals surface area contributed by atoms with E-state index in [4.69, 9.17) is 9.47 Å². The maximum absolute atomic E-state index is 12.4. The minimum atomic E-state index is -0.194. The second-order valence-corrected chi connectivity index (χ2v) is 6.49. The lowest BCUT2D eigenvalue weighted by Gasteiger charge is -2.09. The van der Waals surface area contributed by atoms with Crippen LogP contribution in [0.5, 0.6) is 11.5 Å². The maximum atomic E-state index is 12.4. The van der Waals surface area contributed by atoms with Gasteiger partial charge in [-0.25, -0.2) is 0 Å². The van der Waals surface area contributed by atoms with Crippen LogP contribution < -0.4 is 20.1 Å². The molecule has 2 N–H and O–H groups in total. The lowest BCUT2D eigenvalue weighted by Crippen LogP contribution is -2.26. The van der Waals surface area contributed by atoms with Gasteiger partial charge in [0.2, 0.25) is 0 Å². The van der Waals surface area contributed by atoms with E-state index in [0.29, 0.717) is 18.8 Å². The van der Waals surface area contributed by atoms with E-state index in [9.17, 15) is 4.79 Å². The summed E-state index contributed by atoms with van der Waals surface area (Å²) < 4.78 is 10.4. The van der Waals surface area contributed by atoms with Crippen molar-refractivity contribution >= 4 is 11.6 Å². The molecule has 0 fully saturated rings. The van der Waals surface area contributed by atoms with Crippen molar-refractivity contribution < 1.29 is 14.3 Å². The Kier molecular flexibility index (Phi) is 7.05. The number of carbonyl (C=O) groups excluding carboxylic acids is 1. The number of ether oxygens (including phenoxy) is 2. The molecule has 6 heteroatoms. The first-order chi connectivity index (χ1) is 14.2. The maximum Gasteiger partial charge on any atom is 0.269 e. The van der Waals surface area contributed by atoms with Gasteiger partial charge in [0.25, 0.3) is 5.91 Å². The van der Waals surface area contributed by atoms with Crippen LogP contribution >= 0.6 is 0 Å². The quantitative estimate of drug-likeness (QED) is 0.582. The Bertz CT molecular complexity index is 942. The Morgan fingerprint density at radius 2 is 1.72 bits per heavy atom. The average Bonchev–Trinajstić information content (AvgIpc) is 2.78. The average molecular weight is 391 g/mol. The van der Waals surface area contributed by atoms with Gasteiger partial charge in [0, 0.05) is 25.0 Å². The molecule has 1 amide bonds. The number of aromatic nitrogens is 1. The van der Waals surface area contributed by atoms with Crippen LogP contribution in [0.15, 0.2) is 66.9 Å². The molecule has 0 atom stereocenters. The summed E-state index contributed by atoms with van der Waals surface area (Å²) in [6.07, 6.45) is 2.35. The van der Waals surface area contributed by atoms with E-state index in [1.807, 2.05) is 54.6 Å². The molecule has 2 aromatic carbocycles. The molecule has 0 aliphatic carbocycles. The summed E-state index contributed by atoms with van der Waals surface area (Å²) in [5.74, 6) is 1.44. The van der Waals surface area contributed by atoms with Gasteiger partial charge in [-0.05, 0) is 53.9 Å². The highest BCUT2D eigenvalue weighted by atomic mass is 16.5. The van der Waals surface area contributed by atoms with E-state index in [1.54, 1.807) is 26.5 Å². The van der Waals surface area contributed by atoms with Crippen LogP contribution in [0.2, 0.25) is 0 Å². The zero-order valence-corrected chi connectivity index (χ0v) is 16.6. The number of amides is 1. The minimum absolute atomic E-state index is 0.194. The van der Waals surface area contributed by atoms with Crippen molar-refractivity contribution in [1.82, 2.24) is 10.3 Å². The molecule has 3 rings (SSSR count). The number of anilines is 1. The first-order valence-electron chi connectivity index (χ1n) is 9.42. The zero-order chi connectivity index (χ0) is 20.5. The third-order valence-corrected chi connectivity index (χ3v) is 4.48. The summed E-state index contributed by atoms with van der Waals surface area (Å²) in [7, 11) is 3.29. The fourth-order valence-electron chi connectivity index (χ4n) is 2.85. The van der Waals surface area contributed by atoms with Gasteiger partial charge < -0.3 is 20.1 Å². The van der Waals surface area contributed by atoms with Crippen molar-refractivity contribution in [2.45, 2.75) is 13.0 Å². The second-order valence-electron chi connectivity index (χ2n) is 6.49. The highest BCUT2D eigenvalue weighted by Crippen LogP contribution is 2.15. The van der Waals surface area contributed by atoms with E-state index >= 15 is 0 Å². The normalized spacial score (nSPS) is 10.3. The topological polar surface area (TPSA) is 72.5 Å². The summed E-state index contributed by atoms with van der Waals surface area (Å²) in [6, 6.07) is 19.3. The second kappa shape index (κ2) is 10.1. The highest BCUT2D eigenvalue weighted by molar-refractivity contribution is 5.93. The van der Waals surface area contributed by atoms with E-state index in [-0.39, 0.29) is 5.91 Å². The molecule has 150 valence electrons. The van der Waals surface area contributed by atoms with E-state index in [1.165, 1.54) is 0 Å². The van der Waals surface area contributed by atoms with Crippen molar-refractivity contribution in [1.29, 1.82) is 0 Å². The molecule has 0 aliphatic heterocycles. The molecule has 0 bridgehead atoms. The largest absolute Gasteiger partial charge is 0.497 e. The van der Waals surface area contributed by atoms with Gasteiger partial charge in [-0.3, -0.25) is 9.78 Å². The number of hydrogen-bond acceptors (Lipinski definition) is 5. The number of pyridine rings is 1. The molecule has 29 heavy (non-hydrogen) atoms. The van der Waals surface area contributed by atoms with E-state index in [2.05, 4.69) is 15.6 Å². The summed E-state index contributed by atoms with van der Waals surface area (Å²) >= 11 is 0. The predicted molar refractivity (Wildman–Crippen MR) is 114 cm³/mol. The Balaban J connectivity index is 1.51. The SMILES string of the molecule is COc1ccc(CNc2ccnc(C(=O)NCCc3cccc(OC)c3)c2)cc1. The van der Waals surface area contributed by atoms with Crippen LogP contribution in [0, 0.1) is 0 Å². The molecule has 6 nitrogen and oxygen atoms in total. The zero-order valence-electron chi connectivity index (χ0n) is 16.6. The van der Waals surface area contributed by atoms with Gasteiger partial charge >= 0.3 is 0 Å². The van der Waals surface area contributed by atoms with Crippen LogP contribution in [-0.2, 0) is 13.0 Å². The summed E-state index contributed by atoms with van der Waals surface area (Å²) in [6.45, 7) is 1.17. The van der Waals surface area contributed by atoms with Gasteiger partial charge in [0.15, 0.2) is 0 Å². The number of carbonyl (C=O) groups is 1. The van der Waals surface area contributed by atoms with E-state index in [0.717, 1.165) is 34.7 Å². The number of nitrogens with one attached hydrogen (secondary N) is 2. The van der Waals surface area contributed by atoms with Crippen LogP contribution in [0.25, 0.3) is 0 Å². The molecule has 0 spiro atoms. The molecule has 0 aliphatic rings. The number of rotatable bonds is 9. The fourth-order valence-corrected chi connectivity index (χ4v) is 2.85. The summed E-state index contributed by atoms with van der Waals surface area (Å²) in [5, 5.41) is 6.23. The van der Waals surface area contributed by atoms with Gasteiger partial charge in [-0.1, -0.05) is 24.3 Å². The third-order valence-electron chi connectivity index (χ3n) is 4.48. The standard InChI is InChI=1S/C23H25N3O3/c1-28-20-8-6-18(7-9-20)16-26-19-11-13-24-22(15-19)23(27)25-12-10-17-4-3-5-21(14-17)29-2/h3-9,11,13-15H,10,12,16H2,1-2H3,(H,24,26)(H,25,27). The Morgan fingerprint density at radius 1 is 0.931 bits per heavy atom. The molecule has 1 aromatic heterocycles. The number of benzene rings is 2. The van der Waals surface area contributed by atoms with Gasteiger partial charge in [-0.2, -0.15) is 0 Å². The molecule has 0 radical (unpaired) electrons. The molecule has 0 saturated carbocycles. The van der Waals surface area contributed by atoms with Crippen LogP contribution in [-0.4, -0.2) is 31.7 Å². The summed E-state index contributed by atoms with van der Waals surface area (Å²) in [5.41, 5.74) is 3.45. The lowest BCUT2D eigenvalue weighted by atomic mass is 10.1. The van der Waals surface area contributed by atoms with E-state index < -0.39 is 0 Å². The van der Waals surface area contributed by atoms with Gasteiger partial charge in [0.05, 0.1) is 14.2 Å².